The number of benzene rings is 2. The molecule has 2 aromatic rings. The molecule has 20 heavy (non-hydrogen) atoms. The van der Waals surface area contributed by atoms with Crippen LogP contribution in [0.15, 0.2) is 34.8 Å². The van der Waals surface area contributed by atoms with Gasteiger partial charge in [-0.25, -0.2) is 4.39 Å². The van der Waals surface area contributed by atoms with Gasteiger partial charge in [-0.1, -0.05) is 12.2 Å². The van der Waals surface area contributed by atoms with Crippen LogP contribution in [0, 0.1) is 19.7 Å². The van der Waals surface area contributed by atoms with Crippen molar-refractivity contribution < 1.29 is 4.39 Å². The second-order valence-corrected chi connectivity index (χ2v) is 5.89. The first-order chi connectivity index (χ1) is 9.38. The van der Waals surface area contributed by atoms with Crippen molar-refractivity contribution in [2.45, 2.75) is 13.8 Å². The van der Waals surface area contributed by atoms with Gasteiger partial charge in [0.2, 0.25) is 0 Å². The first-order valence-electron chi connectivity index (χ1n) is 6.01. The van der Waals surface area contributed by atoms with Crippen LogP contribution in [-0.2, 0) is 0 Å². The van der Waals surface area contributed by atoms with Gasteiger partial charge in [-0.3, -0.25) is 0 Å². The van der Waals surface area contributed by atoms with Gasteiger partial charge in [0, 0.05) is 16.9 Å². The molecule has 2 nitrogen and oxygen atoms in total. The van der Waals surface area contributed by atoms with Crippen LogP contribution in [-0.4, -0.2) is 4.99 Å². The van der Waals surface area contributed by atoms with Crippen LogP contribution in [0.3, 0.4) is 0 Å². The molecule has 2 rings (SSSR count). The van der Waals surface area contributed by atoms with Gasteiger partial charge in [-0.15, -0.1) is 0 Å². The van der Waals surface area contributed by atoms with E-state index in [-0.39, 0.29) is 5.82 Å². The first kappa shape index (κ1) is 14.9. The fourth-order valence-corrected chi connectivity index (χ4v) is 2.53. The Kier molecular flexibility index (Phi) is 4.40. The minimum Gasteiger partial charge on any atom is -0.389 e. The largest absolute Gasteiger partial charge is 0.389 e. The average molecular weight is 353 g/mol. The molecule has 0 radical (unpaired) electrons. The van der Waals surface area contributed by atoms with Crippen molar-refractivity contribution >= 4 is 44.5 Å². The summed E-state index contributed by atoms with van der Waals surface area (Å²) in [6.45, 7) is 3.81. The summed E-state index contributed by atoms with van der Waals surface area (Å²) in [7, 11) is 0. The van der Waals surface area contributed by atoms with Crippen molar-refractivity contribution in [3.63, 3.8) is 0 Å². The second kappa shape index (κ2) is 5.89. The van der Waals surface area contributed by atoms with Gasteiger partial charge in [0.1, 0.15) is 10.8 Å². The van der Waals surface area contributed by atoms with E-state index in [4.69, 9.17) is 18.0 Å². The highest BCUT2D eigenvalue weighted by molar-refractivity contribution is 9.10. The lowest BCUT2D eigenvalue weighted by Gasteiger charge is -2.13. The molecule has 0 heterocycles. The van der Waals surface area contributed by atoms with Gasteiger partial charge in [0.05, 0.1) is 4.47 Å². The summed E-state index contributed by atoms with van der Waals surface area (Å²) in [6.07, 6.45) is 0. The van der Waals surface area contributed by atoms with Gasteiger partial charge >= 0.3 is 0 Å². The summed E-state index contributed by atoms with van der Waals surface area (Å²) in [5, 5.41) is 3.27. The molecular formula is C15H14BrFN2S. The van der Waals surface area contributed by atoms with E-state index < -0.39 is 0 Å². The van der Waals surface area contributed by atoms with E-state index in [9.17, 15) is 4.39 Å². The monoisotopic (exact) mass is 352 g/mol. The van der Waals surface area contributed by atoms with Crippen LogP contribution in [0.25, 0.3) is 0 Å². The van der Waals surface area contributed by atoms with E-state index in [0.717, 1.165) is 28.1 Å². The van der Waals surface area contributed by atoms with Crippen LogP contribution in [0.1, 0.15) is 16.7 Å². The number of aryl methyl sites for hydroxylation is 2. The summed E-state index contributed by atoms with van der Waals surface area (Å²) in [4.78, 5) is 0.384. The van der Waals surface area contributed by atoms with Crippen LogP contribution < -0.4 is 11.1 Å². The molecule has 0 aliphatic carbocycles. The number of hydrogen-bond donors (Lipinski definition) is 2. The zero-order valence-electron chi connectivity index (χ0n) is 11.1. The highest BCUT2D eigenvalue weighted by Crippen LogP contribution is 2.27. The van der Waals surface area contributed by atoms with Gasteiger partial charge < -0.3 is 11.1 Å². The Labute approximate surface area is 131 Å². The van der Waals surface area contributed by atoms with Crippen molar-refractivity contribution in [1.82, 2.24) is 0 Å². The summed E-state index contributed by atoms with van der Waals surface area (Å²) >= 11 is 8.17. The molecular weight excluding hydrogens is 339 g/mol. The molecule has 0 saturated heterocycles. The normalized spacial score (nSPS) is 10.4. The lowest BCUT2D eigenvalue weighted by Crippen LogP contribution is -2.11. The maximum Gasteiger partial charge on any atom is 0.137 e. The van der Waals surface area contributed by atoms with Crippen molar-refractivity contribution in [3.05, 3.63) is 57.3 Å². The molecule has 104 valence electrons. The summed E-state index contributed by atoms with van der Waals surface area (Å²) < 4.78 is 13.8. The van der Waals surface area contributed by atoms with Crippen LogP contribution in [0.5, 0.6) is 0 Å². The Morgan fingerprint density at radius 3 is 2.50 bits per heavy atom. The van der Waals surface area contributed by atoms with Gasteiger partial charge in [0.25, 0.3) is 0 Å². The molecule has 0 aromatic heterocycles. The van der Waals surface area contributed by atoms with E-state index in [0.29, 0.717) is 9.46 Å². The third kappa shape index (κ3) is 3.16. The van der Waals surface area contributed by atoms with Gasteiger partial charge in [-0.05, 0) is 71.2 Å². The second-order valence-electron chi connectivity index (χ2n) is 4.60. The third-order valence-corrected chi connectivity index (χ3v) is 3.87. The number of nitrogens with two attached hydrogens (primary N) is 1. The maximum absolute atomic E-state index is 13.4. The number of halogens is 2. The third-order valence-electron chi connectivity index (χ3n) is 3.04. The van der Waals surface area contributed by atoms with Crippen LogP contribution in [0.4, 0.5) is 15.8 Å². The lowest BCUT2D eigenvalue weighted by molar-refractivity contribution is 0.620. The van der Waals surface area contributed by atoms with E-state index in [1.165, 1.54) is 6.07 Å². The van der Waals surface area contributed by atoms with Crippen molar-refractivity contribution in [2.75, 3.05) is 5.32 Å². The fourth-order valence-electron chi connectivity index (χ4n) is 1.95. The highest BCUT2D eigenvalue weighted by Gasteiger charge is 2.07. The van der Waals surface area contributed by atoms with E-state index in [1.807, 2.05) is 32.0 Å². The Morgan fingerprint density at radius 2 is 1.90 bits per heavy atom. The maximum atomic E-state index is 13.4. The molecule has 0 fully saturated rings. The minimum atomic E-state index is -0.270. The standard InChI is InChI=1S/C15H14BrFN2S/c1-8-5-10(3-4-11(8)15(18)20)19-14-7-12(16)13(17)6-9(14)2/h3-7,19H,1-2H3,(H2,18,20). The van der Waals surface area contributed by atoms with E-state index in [1.54, 1.807) is 6.07 Å². The van der Waals surface area contributed by atoms with Gasteiger partial charge in [0.15, 0.2) is 0 Å². The molecule has 0 spiro atoms. The summed E-state index contributed by atoms with van der Waals surface area (Å²) in [5.74, 6) is -0.270. The molecule has 0 amide bonds. The topological polar surface area (TPSA) is 38.0 Å². The molecule has 0 aliphatic heterocycles. The molecule has 0 unspecified atom stereocenters. The fraction of sp³-hybridized carbons (Fsp3) is 0.133. The molecule has 0 aliphatic rings. The number of anilines is 2. The predicted octanol–water partition coefficient (Wildman–Crippen LogP) is 4.58. The molecule has 2 aromatic carbocycles. The predicted molar refractivity (Wildman–Crippen MR) is 89.2 cm³/mol. The van der Waals surface area contributed by atoms with E-state index >= 15 is 0 Å². The average Bonchev–Trinajstić information content (AvgIpc) is 2.35. The quantitative estimate of drug-likeness (QED) is 0.793. The Morgan fingerprint density at radius 1 is 1.20 bits per heavy atom. The summed E-state index contributed by atoms with van der Waals surface area (Å²) in [5.41, 5.74) is 10.1. The lowest BCUT2D eigenvalue weighted by atomic mass is 10.1. The zero-order valence-corrected chi connectivity index (χ0v) is 13.5. The minimum absolute atomic E-state index is 0.270. The number of thiocarbonyl (C=S) groups is 1. The summed E-state index contributed by atoms with van der Waals surface area (Å²) in [6, 6.07) is 8.96. The smallest absolute Gasteiger partial charge is 0.137 e. The molecule has 3 N–H and O–H groups in total. The SMILES string of the molecule is Cc1cc(F)c(Br)cc1Nc1ccc(C(N)=S)c(C)c1. The van der Waals surface area contributed by atoms with Crippen molar-refractivity contribution in [1.29, 1.82) is 0 Å². The Bertz CT molecular complexity index is 686. The van der Waals surface area contributed by atoms with E-state index in [2.05, 4.69) is 21.2 Å². The van der Waals surface area contributed by atoms with Gasteiger partial charge in [-0.2, -0.15) is 0 Å². The highest BCUT2D eigenvalue weighted by atomic mass is 79.9. The van der Waals surface area contributed by atoms with Crippen LogP contribution in [0.2, 0.25) is 0 Å². The number of nitrogens with one attached hydrogen (secondary N) is 1. The molecule has 5 heteroatoms. The van der Waals surface area contributed by atoms with Crippen molar-refractivity contribution in [2.24, 2.45) is 5.73 Å². The molecule has 0 saturated carbocycles. The molecule has 0 bridgehead atoms. The van der Waals surface area contributed by atoms with Crippen LogP contribution >= 0.6 is 28.1 Å². The Hall–Kier alpha value is -1.46. The number of hydrogen-bond acceptors (Lipinski definition) is 2. The Balaban J connectivity index is 2.33. The first-order valence-corrected chi connectivity index (χ1v) is 7.21. The van der Waals surface area contributed by atoms with Crippen molar-refractivity contribution in [3.8, 4) is 0 Å². The zero-order chi connectivity index (χ0) is 14.9. The number of rotatable bonds is 3. The molecule has 0 atom stereocenters.